The summed E-state index contributed by atoms with van der Waals surface area (Å²) in [6.45, 7) is 8.22. The lowest BCUT2D eigenvalue weighted by molar-refractivity contribution is 0.130. The molecule has 1 atom stereocenters. The van der Waals surface area contributed by atoms with E-state index in [9.17, 15) is 0 Å². The average molecular weight is 235 g/mol. The molecule has 2 nitrogen and oxygen atoms in total. The number of piperidine rings is 1. The van der Waals surface area contributed by atoms with Crippen LogP contribution in [0.15, 0.2) is 36.5 Å². The minimum atomic E-state index is 0.300. The molecule has 0 radical (unpaired) electrons. The highest BCUT2D eigenvalue weighted by Crippen LogP contribution is 2.20. The van der Waals surface area contributed by atoms with Crippen molar-refractivity contribution < 1.29 is 5.11 Å². The number of aliphatic hydroxyl groups excluding tert-OH is 1. The van der Waals surface area contributed by atoms with Gasteiger partial charge in [-0.1, -0.05) is 37.3 Å². The summed E-state index contributed by atoms with van der Waals surface area (Å²) in [4.78, 5) is 2.50. The Hall–Kier alpha value is -0.860. The predicted octanol–water partition coefficient (Wildman–Crippen LogP) is 2.91. The Morgan fingerprint density at radius 3 is 2.94 bits per heavy atom. The van der Waals surface area contributed by atoms with Gasteiger partial charge < -0.3 is 5.11 Å². The van der Waals surface area contributed by atoms with Crippen molar-refractivity contribution in [2.24, 2.45) is 0 Å². The molecular weight excluding hydrogens is 210 g/mol. The van der Waals surface area contributed by atoms with Gasteiger partial charge in [0.1, 0.15) is 0 Å². The summed E-state index contributed by atoms with van der Waals surface area (Å²) in [7, 11) is 0. The van der Waals surface area contributed by atoms with Gasteiger partial charge in [0, 0.05) is 19.2 Å². The molecule has 0 aromatic heterocycles. The first-order chi connectivity index (χ1) is 8.31. The van der Waals surface area contributed by atoms with Gasteiger partial charge in [0.15, 0.2) is 0 Å². The zero-order valence-electron chi connectivity index (χ0n) is 10.9. The Morgan fingerprint density at radius 1 is 1.47 bits per heavy atom. The first-order valence-corrected chi connectivity index (χ1v) is 6.61. The third-order valence-electron chi connectivity index (χ3n) is 3.41. The topological polar surface area (TPSA) is 23.5 Å². The SMILES string of the molecule is C=C/C=C\C(=C/C)CN1CCCCC1CCO. The average Bonchev–Trinajstić information content (AvgIpc) is 2.36. The van der Waals surface area contributed by atoms with Crippen molar-refractivity contribution in [2.45, 2.75) is 38.6 Å². The van der Waals surface area contributed by atoms with E-state index >= 15 is 0 Å². The van der Waals surface area contributed by atoms with E-state index in [0.29, 0.717) is 12.6 Å². The van der Waals surface area contributed by atoms with Crippen molar-refractivity contribution in [1.82, 2.24) is 4.90 Å². The molecule has 1 aliphatic rings. The minimum Gasteiger partial charge on any atom is -0.396 e. The molecule has 0 saturated carbocycles. The molecule has 1 aliphatic heterocycles. The summed E-state index contributed by atoms with van der Waals surface area (Å²) in [5.74, 6) is 0. The number of rotatable bonds is 6. The van der Waals surface area contributed by atoms with Crippen LogP contribution in [0.4, 0.5) is 0 Å². The van der Waals surface area contributed by atoms with Crippen LogP contribution < -0.4 is 0 Å². The normalized spacial score (nSPS) is 23.2. The minimum absolute atomic E-state index is 0.300. The number of nitrogens with zero attached hydrogens (tertiary/aromatic N) is 1. The van der Waals surface area contributed by atoms with E-state index in [1.807, 2.05) is 12.2 Å². The van der Waals surface area contributed by atoms with Crippen LogP contribution in [-0.2, 0) is 0 Å². The van der Waals surface area contributed by atoms with Gasteiger partial charge in [-0.25, -0.2) is 0 Å². The molecule has 2 heteroatoms. The van der Waals surface area contributed by atoms with E-state index < -0.39 is 0 Å². The highest BCUT2D eigenvalue weighted by molar-refractivity contribution is 5.22. The Balaban J connectivity index is 2.56. The maximum absolute atomic E-state index is 9.10. The molecule has 1 saturated heterocycles. The summed E-state index contributed by atoms with van der Waals surface area (Å²) in [6, 6.07) is 0.556. The van der Waals surface area contributed by atoms with Gasteiger partial charge in [-0.3, -0.25) is 4.90 Å². The van der Waals surface area contributed by atoms with Crippen molar-refractivity contribution in [2.75, 3.05) is 19.7 Å². The second-order valence-electron chi connectivity index (χ2n) is 4.59. The molecule has 0 aliphatic carbocycles. The second kappa shape index (κ2) is 8.26. The molecular formula is C15H25NO. The highest BCUT2D eigenvalue weighted by atomic mass is 16.3. The molecule has 17 heavy (non-hydrogen) atoms. The van der Waals surface area contributed by atoms with E-state index in [4.69, 9.17) is 5.11 Å². The number of allylic oxidation sites excluding steroid dienone is 3. The summed E-state index contributed by atoms with van der Waals surface area (Å²) in [5.41, 5.74) is 1.33. The lowest BCUT2D eigenvalue weighted by Gasteiger charge is -2.35. The molecule has 1 heterocycles. The maximum Gasteiger partial charge on any atom is 0.0445 e. The fraction of sp³-hybridized carbons (Fsp3) is 0.600. The van der Waals surface area contributed by atoms with E-state index in [-0.39, 0.29) is 0 Å². The van der Waals surface area contributed by atoms with E-state index in [2.05, 4.69) is 30.6 Å². The van der Waals surface area contributed by atoms with Crippen LogP contribution in [0.2, 0.25) is 0 Å². The highest BCUT2D eigenvalue weighted by Gasteiger charge is 2.21. The Morgan fingerprint density at radius 2 is 2.29 bits per heavy atom. The first kappa shape index (κ1) is 14.2. The van der Waals surface area contributed by atoms with Crippen LogP contribution in [0.3, 0.4) is 0 Å². The number of hydrogen-bond donors (Lipinski definition) is 1. The van der Waals surface area contributed by atoms with Gasteiger partial charge in [-0.05, 0) is 38.3 Å². The molecule has 1 N–H and O–H groups in total. The van der Waals surface area contributed by atoms with Gasteiger partial charge in [0.25, 0.3) is 0 Å². The van der Waals surface area contributed by atoms with Crippen LogP contribution in [0, 0.1) is 0 Å². The standard InChI is InChI=1S/C15H25NO/c1-3-5-8-14(4-2)13-16-11-7-6-9-15(16)10-12-17/h3-5,8,15,17H,1,6-7,9-13H2,2H3/b8-5-,14-4+. The smallest absolute Gasteiger partial charge is 0.0445 e. The molecule has 0 spiro atoms. The maximum atomic E-state index is 9.10. The van der Waals surface area contributed by atoms with Gasteiger partial charge in [-0.2, -0.15) is 0 Å². The van der Waals surface area contributed by atoms with Gasteiger partial charge in [0.05, 0.1) is 0 Å². The quantitative estimate of drug-likeness (QED) is 0.716. The predicted molar refractivity (Wildman–Crippen MR) is 74.0 cm³/mol. The third kappa shape index (κ3) is 4.88. The molecule has 0 bridgehead atoms. The zero-order chi connectivity index (χ0) is 12.5. The van der Waals surface area contributed by atoms with Crippen LogP contribution in [0.25, 0.3) is 0 Å². The molecule has 0 aromatic carbocycles. The van der Waals surface area contributed by atoms with Gasteiger partial charge in [-0.15, -0.1) is 0 Å². The Kier molecular flexibility index (Phi) is 6.90. The summed E-state index contributed by atoms with van der Waals surface area (Å²) < 4.78 is 0. The number of hydrogen-bond acceptors (Lipinski definition) is 2. The van der Waals surface area contributed by atoms with E-state index in [1.165, 1.54) is 24.8 Å². The summed E-state index contributed by atoms with van der Waals surface area (Å²) in [5, 5.41) is 9.10. The first-order valence-electron chi connectivity index (χ1n) is 6.61. The summed E-state index contributed by atoms with van der Waals surface area (Å²) >= 11 is 0. The van der Waals surface area contributed by atoms with Crippen LogP contribution >= 0.6 is 0 Å². The lowest BCUT2D eigenvalue weighted by atomic mass is 9.98. The van der Waals surface area contributed by atoms with Crippen molar-refractivity contribution >= 4 is 0 Å². The molecule has 0 aromatic rings. The Labute approximate surface area is 105 Å². The third-order valence-corrected chi connectivity index (χ3v) is 3.41. The monoisotopic (exact) mass is 235 g/mol. The summed E-state index contributed by atoms with van der Waals surface area (Å²) in [6.07, 6.45) is 12.8. The molecule has 1 rings (SSSR count). The Bertz CT molecular complexity index is 279. The van der Waals surface area contributed by atoms with Crippen LogP contribution in [-0.4, -0.2) is 35.7 Å². The molecule has 1 fully saturated rings. The number of aliphatic hydroxyl groups is 1. The van der Waals surface area contributed by atoms with Crippen LogP contribution in [0.5, 0.6) is 0 Å². The van der Waals surface area contributed by atoms with Crippen LogP contribution in [0.1, 0.15) is 32.6 Å². The molecule has 0 amide bonds. The molecule has 96 valence electrons. The lowest BCUT2D eigenvalue weighted by Crippen LogP contribution is -2.41. The molecule has 1 unspecified atom stereocenters. The second-order valence-corrected chi connectivity index (χ2v) is 4.59. The van der Waals surface area contributed by atoms with Crippen molar-refractivity contribution in [3.05, 3.63) is 36.5 Å². The fourth-order valence-corrected chi connectivity index (χ4v) is 2.41. The van der Waals surface area contributed by atoms with Crippen molar-refractivity contribution in [3.8, 4) is 0 Å². The van der Waals surface area contributed by atoms with Gasteiger partial charge >= 0.3 is 0 Å². The number of likely N-dealkylation sites (tertiary alicyclic amines) is 1. The van der Waals surface area contributed by atoms with Gasteiger partial charge in [0.2, 0.25) is 0 Å². The van der Waals surface area contributed by atoms with Crippen molar-refractivity contribution in [3.63, 3.8) is 0 Å². The zero-order valence-corrected chi connectivity index (χ0v) is 10.9. The van der Waals surface area contributed by atoms with E-state index in [0.717, 1.165) is 19.5 Å². The fourth-order valence-electron chi connectivity index (χ4n) is 2.41. The van der Waals surface area contributed by atoms with Crippen molar-refractivity contribution in [1.29, 1.82) is 0 Å². The van der Waals surface area contributed by atoms with E-state index in [1.54, 1.807) is 0 Å². The largest absolute Gasteiger partial charge is 0.396 e.